The van der Waals surface area contributed by atoms with Crippen molar-refractivity contribution < 1.29 is 9.59 Å². The fourth-order valence-electron chi connectivity index (χ4n) is 3.29. The van der Waals surface area contributed by atoms with Gasteiger partial charge in [-0.3, -0.25) is 9.59 Å². The molecule has 1 heterocycles. The number of hydrogen-bond acceptors (Lipinski definition) is 3. The zero-order valence-corrected chi connectivity index (χ0v) is 12.4. The fourth-order valence-corrected chi connectivity index (χ4v) is 3.29. The van der Waals surface area contributed by atoms with Crippen LogP contribution in [0.5, 0.6) is 0 Å². The van der Waals surface area contributed by atoms with Gasteiger partial charge in [0.15, 0.2) is 0 Å². The van der Waals surface area contributed by atoms with E-state index in [4.69, 9.17) is 5.73 Å². The van der Waals surface area contributed by atoms with E-state index in [-0.39, 0.29) is 23.8 Å². The van der Waals surface area contributed by atoms with Gasteiger partial charge in [-0.15, -0.1) is 0 Å². The van der Waals surface area contributed by atoms with Crippen LogP contribution < -0.4 is 11.1 Å². The third-order valence-electron chi connectivity index (χ3n) is 4.61. The minimum Gasteiger partial charge on any atom is -0.352 e. The maximum Gasteiger partial charge on any atom is 0.223 e. The van der Waals surface area contributed by atoms with Gasteiger partial charge in [0, 0.05) is 31.5 Å². The minimum atomic E-state index is 0.0387. The summed E-state index contributed by atoms with van der Waals surface area (Å²) in [6, 6.07) is 0.0387. The lowest BCUT2D eigenvalue weighted by Gasteiger charge is -2.28. The van der Waals surface area contributed by atoms with Gasteiger partial charge in [-0.25, -0.2) is 0 Å². The van der Waals surface area contributed by atoms with Crippen LogP contribution in [0.25, 0.3) is 0 Å². The summed E-state index contributed by atoms with van der Waals surface area (Å²) in [6.45, 7) is 4.19. The number of carbonyl (C=O) groups excluding carboxylic acids is 2. The molecule has 0 aromatic heterocycles. The third kappa shape index (κ3) is 3.95. The molecule has 2 fully saturated rings. The monoisotopic (exact) mass is 281 g/mol. The number of likely N-dealkylation sites (tertiary alicyclic amines) is 1. The highest BCUT2D eigenvalue weighted by atomic mass is 16.2. The highest BCUT2D eigenvalue weighted by Crippen LogP contribution is 2.28. The van der Waals surface area contributed by atoms with Crippen LogP contribution in [0.3, 0.4) is 0 Å². The SMILES string of the molecule is CC(CN1CCCC1=O)NC(=O)C1CCC(CN)CC1. The second kappa shape index (κ2) is 7.07. The van der Waals surface area contributed by atoms with Gasteiger partial charge in [0.2, 0.25) is 11.8 Å². The molecular weight excluding hydrogens is 254 g/mol. The zero-order valence-electron chi connectivity index (χ0n) is 12.4. The molecular formula is C15H27N3O2. The lowest BCUT2D eigenvalue weighted by atomic mass is 9.81. The first-order valence-corrected chi connectivity index (χ1v) is 7.88. The van der Waals surface area contributed by atoms with E-state index in [1.807, 2.05) is 11.8 Å². The second-order valence-electron chi connectivity index (χ2n) is 6.31. The standard InChI is InChI=1S/C15H27N3O2/c1-11(10-18-8-2-3-14(18)19)17-15(20)13-6-4-12(9-16)5-7-13/h11-13H,2-10,16H2,1H3,(H,17,20). The Kier molecular flexibility index (Phi) is 5.40. The van der Waals surface area contributed by atoms with E-state index in [0.717, 1.165) is 45.2 Å². The van der Waals surface area contributed by atoms with Gasteiger partial charge in [0.05, 0.1) is 0 Å². The number of hydrogen-bond donors (Lipinski definition) is 2. The Labute approximate surface area is 121 Å². The Morgan fingerprint density at radius 1 is 1.40 bits per heavy atom. The molecule has 1 saturated carbocycles. The van der Waals surface area contributed by atoms with Crippen molar-refractivity contribution in [1.29, 1.82) is 0 Å². The molecule has 2 rings (SSSR count). The van der Waals surface area contributed by atoms with E-state index < -0.39 is 0 Å². The van der Waals surface area contributed by atoms with E-state index in [9.17, 15) is 9.59 Å². The predicted molar refractivity (Wildman–Crippen MR) is 77.9 cm³/mol. The lowest BCUT2D eigenvalue weighted by Crippen LogP contribution is -2.45. The third-order valence-corrected chi connectivity index (χ3v) is 4.61. The molecule has 5 nitrogen and oxygen atoms in total. The molecule has 1 saturated heterocycles. The fraction of sp³-hybridized carbons (Fsp3) is 0.867. The van der Waals surface area contributed by atoms with Crippen LogP contribution in [0.15, 0.2) is 0 Å². The molecule has 0 aromatic rings. The van der Waals surface area contributed by atoms with E-state index in [1.54, 1.807) is 0 Å². The van der Waals surface area contributed by atoms with Gasteiger partial charge in [0.1, 0.15) is 0 Å². The second-order valence-corrected chi connectivity index (χ2v) is 6.31. The molecule has 1 aliphatic carbocycles. The Bertz CT molecular complexity index is 351. The molecule has 3 N–H and O–H groups in total. The van der Waals surface area contributed by atoms with Crippen LogP contribution in [0, 0.1) is 11.8 Å². The number of nitrogens with two attached hydrogens (primary N) is 1. The Hall–Kier alpha value is -1.10. The average Bonchev–Trinajstić information content (AvgIpc) is 2.84. The largest absolute Gasteiger partial charge is 0.352 e. The average molecular weight is 281 g/mol. The van der Waals surface area contributed by atoms with Crippen molar-refractivity contribution in [3.05, 3.63) is 0 Å². The quantitative estimate of drug-likeness (QED) is 0.785. The van der Waals surface area contributed by atoms with Crippen molar-refractivity contribution >= 4 is 11.8 Å². The maximum absolute atomic E-state index is 12.2. The highest BCUT2D eigenvalue weighted by Gasteiger charge is 2.27. The minimum absolute atomic E-state index is 0.0387. The predicted octanol–water partition coefficient (Wildman–Crippen LogP) is 0.879. The van der Waals surface area contributed by atoms with Crippen LogP contribution in [-0.4, -0.2) is 42.4 Å². The first-order valence-electron chi connectivity index (χ1n) is 7.88. The molecule has 1 atom stereocenters. The summed E-state index contributed by atoms with van der Waals surface area (Å²) < 4.78 is 0. The molecule has 0 bridgehead atoms. The molecule has 0 spiro atoms. The van der Waals surface area contributed by atoms with E-state index in [1.165, 1.54) is 0 Å². The Morgan fingerprint density at radius 3 is 2.65 bits per heavy atom. The van der Waals surface area contributed by atoms with Crippen LogP contribution >= 0.6 is 0 Å². The van der Waals surface area contributed by atoms with Gasteiger partial charge in [-0.05, 0) is 51.5 Å². The topological polar surface area (TPSA) is 75.4 Å². The molecule has 0 radical (unpaired) electrons. The molecule has 1 unspecified atom stereocenters. The van der Waals surface area contributed by atoms with Crippen molar-refractivity contribution in [2.45, 2.75) is 51.5 Å². The van der Waals surface area contributed by atoms with Gasteiger partial charge in [0.25, 0.3) is 0 Å². The molecule has 1 aliphatic heterocycles. The summed E-state index contributed by atoms with van der Waals surface area (Å²) >= 11 is 0. The number of carbonyl (C=O) groups is 2. The molecule has 2 aliphatic rings. The van der Waals surface area contributed by atoms with E-state index in [2.05, 4.69) is 5.32 Å². The summed E-state index contributed by atoms with van der Waals surface area (Å²) in [6.07, 6.45) is 5.62. The van der Waals surface area contributed by atoms with Crippen LogP contribution in [0.1, 0.15) is 45.4 Å². The number of nitrogens with one attached hydrogen (secondary N) is 1. The normalized spacial score (nSPS) is 28.5. The van der Waals surface area contributed by atoms with Crippen molar-refractivity contribution in [1.82, 2.24) is 10.2 Å². The molecule has 2 amide bonds. The molecule has 0 aromatic carbocycles. The van der Waals surface area contributed by atoms with Crippen molar-refractivity contribution in [2.75, 3.05) is 19.6 Å². The van der Waals surface area contributed by atoms with Crippen molar-refractivity contribution in [2.24, 2.45) is 17.6 Å². The molecule has 114 valence electrons. The summed E-state index contributed by atoms with van der Waals surface area (Å²) in [4.78, 5) is 25.6. The number of nitrogens with zero attached hydrogens (tertiary/aromatic N) is 1. The van der Waals surface area contributed by atoms with Crippen molar-refractivity contribution in [3.63, 3.8) is 0 Å². The van der Waals surface area contributed by atoms with Gasteiger partial charge in [-0.1, -0.05) is 0 Å². The number of rotatable bonds is 5. The number of amides is 2. The van der Waals surface area contributed by atoms with Crippen LogP contribution in [0.4, 0.5) is 0 Å². The summed E-state index contributed by atoms with van der Waals surface area (Å²) in [5.41, 5.74) is 5.67. The van der Waals surface area contributed by atoms with Gasteiger partial charge < -0.3 is 16.0 Å². The maximum atomic E-state index is 12.2. The van der Waals surface area contributed by atoms with Gasteiger partial charge in [-0.2, -0.15) is 0 Å². The smallest absolute Gasteiger partial charge is 0.223 e. The summed E-state index contributed by atoms with van der Waals surface area (Å²) in [5.74, 6) is 1.10. The molecule has 5 heteroatoms. The highest BCUT2D eigenvalue weighted by molar-refractivity contribution is 5.80. The molecule has 20 heavy (non-hydrogen) atoms. The van der Waals surface area contributed by atoms with Crippen LogP contribution in [0.2, 0.25) is 0 Å². The Balaban J connectivity index is 1.72. The van der Waals surface area contributed by atoms with E-state index in [0.29, 0.717) is 18.9 Å². The van der Waals surface area contributed by atoms with Crippen molar-refractivity contribution in [3.8, 4) is 0 Å². The summed E-state index contributed by atoms with van der Waals surface area (Å²) in [5, 5.41) is 3.07. The first kappa shape index (κ1) is 15.3. The van der Waals surface area contributed by atoms with Crippen LogP contribution in [-0.2, 0) is 9.59 Å². The zero-order chi connectivity index (χ0) is 14.5. The summed E-state index contributed by atoms with van der Waals surface area (Å²) in [7, 11) is 0. The lowest BCUT2D eigenvalue weighted by molar-refractivity contribution is -0.130. The van der Waals surface area contributed by atoms with Gasteiger partial charge >= 0.3 is 0 Å². The van der Waals surface area contributed by atoms with E-state index >= 15 is 0 Å². The Morgan fingerprint density at radius 2 is 2.10 bits per heavy atom. The first-order chi connectivity index (χ1) is 9.60.